The molecule has 2 aromatic rings. The number of aromatic nitrogens is 2. The monoisotopic (exact) mass is 468 g/mol. The standard InChI is InChI=1S/C20H25ClN4O3S2/c1-4-9-30-20-22-12-15(21)17(25-20)19(27)24-16(8-10-29-3)18(26)23-13-6-5-7-14(11-13)28-2/h5-7,11-12,16H,4,8-10H2,1-3H3,(H,23,26)(H,24,27)/t16-/m0/s1. The number of ether oxygens (including phenoxy) is 1. The minimum Gasteiger partial charge on any atom is -0.497 e. The summed E-state index contributed by atoms with van der Waals surface area (Å²) in [7, 11) is 1.56. The van der Waals surface area contributed by atoms with Gasteiger partial charge >= 0.3 is 0 Å². The number of amides is 2. The lowest BCUT2D eigenvalue weighted by atomic mass is 10.2. The van der Waals surface area contributed by atoms with E-state index in [9.17, 15) is 9.59 Å². The minimum absolute atomic E-state index is 0.0635. The van der Waals surface area contributed by atoms with Crippen LogP contribution in [0, 0.1) is 0 Å². The molecule has 0 radical (unpaired) electrons. The quantitative estimate of drug-likeness (QED) is 0.378. The van der Waals surface area contributed by atoms with Crippen molar-refractivity contribution in [3.05, 3.63) is 41.2 Å². The minimum atomic E-state index is -0.742. The summed E-state index contributed by atoms with van der Waals surface area (Å²) in [6.07, 6.45) is 4.77. The number of halogens is 1. The van der Waals surface area contributed by atoms with Crippen LogP contribution in [0.25, 0.3) is 0 Å². The Morgan fingerprint density at radius 1 is 1.30 bits per heavy atom. The lowest BCUT2D eigenvalue weighted by Crippen LogP contribution is -2.44. The van der Waals surface area contributed by atoms with E-state index in [0.29, 0.717) is 28.8 Å². The maximum absolute atomic E-state index is 12.8. The number of carbonyl (C=O) groups is 2. The fraction of sp³-hybridized carbons (Fsp3) is 0.400. The molecule has 0 aliphatic heterocycles. The van der Waals surface area contributed by atoms with Crippen LogP contribution in [0.1, 0.15) is 30.3 Å². The fourth-order valence-corrected chi connectivity index (χ4v) is 3.75. The van der Waals surface area contributed by atoms with Gasteiger partial charge < -0.3 is 15.4 Å². The van der Waals surface area contributed by atoms with Crippen molar-refractivity contribution in [1.29, 1.82) is 0 Å². The average Bonchev–Trinajstić information content (AvgIpc) is 2.75. The van der Waals surface area contributed by atoms with Gasteiger partial charge in [-0.15, -0.1) is 0 Å². The Morgan fingerprint density at radius 2 is 2.10 bits per heavy atom. The maximum atomic E-state index is 12.8. The number of nitrogens with zero attached hydrogens (tertiary/aromatic N) is 2. The number of thioether (sulfide) groups is 2. The molecule has 0 unspecified atom stereocenters. The predicted octanol–water partition coefficient (Wildman–Crippen LogP) is 4.13. The molecule has 0 spiro atoms. The zero-order valence-corrected chi connectivity index (χ0v) is 19.5. The van der Waals surface area contributed by atoms with E-state index in [4.69, 9.17) is 16.3 Å². The Balaban J connectivity index is 2.14. The number of carbonyl (C=O) groups excluding carboxylic acids is 2. The van der Waals surface area contributed by atoms with E-state index in [-0.39, 0.29) is 16.6 Å². The van der Waals surface area contributed by atoms with Gasteiger partial charge in [-0.3, -0.25) is 9.59 Å². The molecule has 162 valence electrons. The van der Waals surface area contributed by atoms with E-state index in [1.54, 1.807) is 43.1 Å². The molecule has 1 aromatic carbocycles. The van der Waals surface area contributed by atoms with Crippen molar-refractivity contribution in [1.82, 2.24) is 15.3 Å². The molecule has 1 heterocycles. The zero-order valence-electron chi connectivity index (χ0n) is 17.1. The van der Waals surface area contributed by atoms with Crippen molar-refractivity contribution < 1.29 is 14.3 Å². The summed E-state index contributed by atoms with van der Waals surface area (Å²) in [5.41, 5.74) is 0.648. The largest absolute Gasteiger partial charge is 0.497 e. The Kier molecular flexibility index (Phi) is 10.3. The van der Waals surface area contributed by atoms with Crippen LogP contribution in [0.4, 0.5) is 5.69 Å². The summed E-state index contributed by atoms with van der Waals surface area (Å²) >= 11 is 9.18. The number of anilines is 1. The average molecular weight is 469 g/mol. The van der Waals surface area contributed by atoms with Crippen molar-refractivity contribution >= 4 is 52.6 Å². The van der Waals surface area contributed by atoms with Gasteiger partial charge in [0.1, 0.15) is 11.8 Å². The van der Waals surface area contributed by atoms with Gasteiger partial charge in [-0.1, -0.05) is 36.4 Å². The van der Waals surface area contributed by atoms with E-state index in [1.165, 1.54) is 18.0 Å². The van der Waals surface area contributed by atoms with E-state index in [1.807, 2.05) is 13.2 Å². The van der Waals surface area contributed by atoms with Crippen molar-refractivity contribution in [3.8, 4) is 5.75 Å². The van der Waals surface area contributed by atoms with E-state index < -0.39 is 11.9 Å². The molecule has 1 atom stereocenters. The number of methoxy groups -OCH3 is 1. The van der Waals surface area contributed by atoms with Crippen LogP contribution in [0.15, 0.2) is 35.6 Å². The van der Waals surface area contributed by atoms with Crippen LogP contribution in [0.5, 0.6) is 5.75 Å². The summed E-state index contributed by atoms with van der Waals surface area (Å²) in [5.74, 6) is 1.33. The molecule has 0 fully saturated rings. The smallest absolute Gasteiger partial charge is 0.272 e. The van der Waals surface area contributed by atoms with Crippen LogP contribution >= 0.6 is 35.1 Å². The fourth-order valence-electron chi connectivity index (χ4n) is 2.43. The molecule has 7 nitrogen and oxygen atoms in total. The zero-order chi connectivity index (χ0) is 21.9. The molecule has 30 heavy (non-hydrogen) atoms. The first-order valence-corrected chi connectivity index (χ1v) is 12.1. The molecule has 0 saturated heterocycles. The topological polar surface area (TPSA) is 93.2 Å². The summed E-state index contributed by atoms with van der Waals surface area (Å²) < 4.78 is 5.18. The Labute approximate surface area is 190 Å². The number of nitrogens with one attached hydrogen (secondary N) is 2. The lowest BCUT2D eigenvalue weighted by Gasteiger charge is -2.18. The highest BCUT2D eigenvalue weighted by molar-refractivity contribution is 7.99. The molecule has 2 amide bonds. The van der Waals surface area contributed by atoms with Gasteiger partial charge in [0.15, 0.2) is 10.9 Å². The maximum Gasteiger partial charge on any atom is 0.272 e. The molecule has 2 N–H and O–H groups in total. The highest BCUT2D eigenvalue weighted by Crippen LogP contribution is 2.20. The number of hydrogen-bond donors (Lipinski definition) is 2. The second kappa shape index (κ2) is 12.7. The SMILES string of the molecule is CCCSc1ncc(Cl)c(C(=O)N[C@@H](CCSC)C(=O)Nc2cccc(OC)c2)n1. The van der Waals surface area contributed by atoms with Crippen LogP contribution in [0.3, 0.4) is 0 Å². The van der Waals surface area contributed by atoms with Crippen LogP contribution in [0.2, 0.25) is 5.02 Å². The van der Waals surface area contributed by atoms with Crippen molar-refractivity contribution in [2.45, 2.75) is 31.0 Å². The Hall–Kier alpha value is -1.97. The van der Waals surface area contributed by atoms with Crippen LogP contribution in [-0.2, 0) is 4.79 Å². The first-order chi connectivity index (χ1) is 14.5. The summed E-state index contributed by atoms with van der Waals surface area (Å²) in [6.45, 7) is 2.05. The van der Waals surface area contributed by atoms with E-state index in [2.05, 4.69) is 20.6 Å². The first-order valence-electron chi connectivity index (χ1n) is 9.38. The van der Waals surface area contributed by atoms with Crippen molar-refractivity contribution in [2.24, 2.45) is 0 Å². The highest BCUT2D eigenvalue weighted by atomic mass is 35.5. The predicted molar refractivity (Wildman–Crippen MR) is 124 cm³/mol. The van der Waals surface area contributed by atoms with Crippen LogP contribution < -0.4 is 15.4 Å². The molecular weight excluding hydrogens is 444 g/mol. The number of hydrogen-bond acceptors (Lipinski definition) is 7. The highest BCUT2D eigenvalue weighted by Gasteiger charge is 2.24. The number of rotatable bonds is 11. The molecule has 2 rings (SSSR count). The Bertz CT molecular complexity index is 870. The third-order valence-electron chi connectivity index (χ3n) is 3.94. The lowest BCUT2D eigenvalue weighted by molar-refractivity contribution is -0.118. The van der Waals surface area contributed by atoms with Crippen LogP contribution in [-0.4, -0.2) is 52.7 Å². The molecule has 0 bridgehead atoms. The van der Waals surface area contributed by atoms with Gasteiger partial charge in [-0.05, 0) is 37.0 Å². The van der Waals surface area contributed by atoms with Gasteiger partial charge in [0.05, 0.1) is 18.3 Å². The van der Waals surface area contributed by atoms with Gasteiger partial charge in [-0.25, -0.2) is 9.97 Å². The van der Waals surface area contributed by atoms with Crippen molar-refractivity contribution in [2.75, 3.05) is 30.2 Å². The second-order valence-electron chi connectivity index (χ2n) is 6.23. The first kappa shape index (κ1) is 24.3. The summed E-state index contributed by atoms with van der Waals surface area (Å²) in [5, 5.41) is 6.21. The van der Waals surface area contributed by atoms with Gasteiger partial charge in [0.2, 0.25) is 5.91 Å². The van der Waals surface area contributed by atoms with E-state index in [0.717, 1.165) is 12.2 Å². The molecule has 0 aliphatic rings. The second-order valence-corrected chi connectivity index (χ2v) is 8.68. The Morgan fingerprint density at radius 3 is 2.80 bits per heavy atom. The molecule has 0 saturated carbocycles. The molecule has 10 heteroatoms. The molecule has 0 aliphatic carbocycles. The van der Waals surface area contributed by atoms with Crippen molar-refractivity contribution in [3.63, 3.8) is 0 Å². The third-order valence-corrected chi connectivity index (χ3v) is 5.93. The van der Waals surface area contributed by atoms with E-state index >= 15 is 0 Å². The summed E-state index contributed by atoms with van der Waals surface area (Å²) in [4.78, 5) is 34.1. The third kappa shape index (κ3) is 7.37. The molecular formula is C20H25ClN4O3S2. The van der Waals surface area contributed by atoms with Gasteiger partial charge in [-0.2, -0.15) is 11.8 Å². The number of benzene rings is 1. The van der Waals surface area contributed by atoms with Gasteiger partial charge in [0.25, 0.3) is 5.91 Å². The molecule has 1 aromatic heterocycles. The normalized spacial score (nSPS) is 11.6. The summed E-state index contributed by atoms with van der Waals surface area (Å²) in [6, 6.07) is 6.29. The van der Waals surface area contributed by atoms with Gasteiger partial charge in [0, 0.05) is 17.5 Å².